The number of nitrogens with two attached hydrogens (primary N) is 1. The molecule has 0 aromatic heterocycles. The van der Waals surface area contributed by atoms with Crippen LogP contribution in [0, 0.1) is 0 Å². The van der Waals surface area contributed by atoms with Crippen molar-refractivity contribution in [1.29, 1.82) is 0 Å². The molecule has 0 fully saturated rings. The van der Waals surface area contributed by atoms with E-state index in [4.69, 9.17) is 10.5 Å². The molecule has 20 heavy (non-hydrogen) atoms. The molecule has 0 radical (unpaired) electrons. The fourth-order valence-corrected chi connectivity index (χ4v) is 3.24. The van der Waals surface area contributed by atoms with Crippen molar-refractivity contribution in [2.24, 2.45) is 0 Å². The summed E-state index contributed by atoms with van der Waals surface area (Å²) in [6.45, 7) is 1.93. The first-order valence-corrected chi connectivity index (χ1v) is 7.42. The lowest BCUT2D eigenvalue weighted by molar-refractivity contribution is 0.412. The van der Waals surface area contributed by atoms with Gasteiger partial charge in [-0.15, -0.1) is 0 Å². The second kappa shape index (κ2) is 5.37. The topological polar surface area (TPSA) is 38.5 Å². The van der Waals surface area contributed by atoms with Gasteiger partial charge in [-0.05, 0) is 57.7 Å². The third-order valence-electron chi connectivity index (χ3n) is 3.69. The van der Waals surface area contributed by atoms with Gasteiger partial charge in [0, 0.05) is 24.5 Å². The number of rotatable bonds is 3. The van der Waals surface area contributed by atoms with E-state index in [2.05, 4.69) is 45.1 Å². The van der Waals surface area contributed by atoms with Crippen LogP contribution in [0.15, 0.2) is 40.9 Å². The fourth-order valence-electron chi connectivity index (χ4n) is 2.66. The summed E-state index contributed by atoms with van der Waals surface area (Å²) in [5, 5.41) is 0. The van der Waals surface area contributed by atoms with Gasteiger partial charge in [-0.1, -0.05) is 12.1 Å². The first-order valence-electron chi connectivity index (χ1n) is 6.63. The van der Waals surface area contributed by atoms with Gasteiger partial charge < -0.3 is 15.4 Å². The van der Waals surface area contributed by atoms with E-state index in [-0.39, 0.29) is 0 Å². The van der Waals surface area contributed by atoms with E-state index >= 15 is 0 Å². The van der Waals surface area contributed by atoms with Crippen LogP contribution in [-0.2, 0) is 13.0 Å². The van der Waals surface area contributed by atoms with Gasteiger partial charge in [0.05, 0.1) is 11.6 Å². The van der Waals surface area contributed by atoms with Gasteiger partial charge in [0.1, 0.15) is 5.75 Å². The number of ether oxygens (including phenoxy) is 1. The van der Waals surface area contributed by atoms with Crippen LogP contribution in [0.1, 0.15) is 11.1 Å². The van der Waals surface area contributed by atoms with Crippen LogP contribution in [0.25, 0.3) is 0 Å². The summed E-state index contributed by atoms with van der Waals surface area (Å²) in [5.74, 6) is 0.861. The third kappa shape index (κ3) is 2.48. The van der Waals surface area contributed by atoms with Gasteiger partial charge in [-0.2, -0.15) is 0 Å². The Morgan fingerprint density at radius 1 is 1.25 bits per heavy atom. The number of benzene rings is 2. The largest absolute Gasteiger partial charge is 0.496 e. The highest BCUT2D eigenvalue weighted by Gasteiger charge is 2.19. The lowest BCUT2D eigenvalue weighted by Gasteiger charge is -2.20. The zero-order chi connectivity index (χ0) is 14.1. The van der Waals surface area contributed by atoms with E-state index in [1.165, 1.54) is 16.8 Å². The molecule has 0 unspecified atom stereocenters. The molecular formula is C16H17BrN2O. The van der Waals surface area contributed by atoms with Crippen LogP contribution in [0.4, 0.5) is 11.4 Å². The molecular weight excluding hydrogens is 316 g/mol. The molecule has 2 aromatic rings. The Bertz CT molecular complexity index is 642. The van der Waals surface area contributed by atoms with Crippen molar-refractivity contribution in [2.75, 3.05) is 24.3 Å². The molecule has 3 rings (SSSR count). The molecule has 0 aliphatic carbocycles. The molecule has 1 aliphatic rings. The summed E-state index contributed by atoms with van der Waals surface area (Å²) < 4.78 is 6.26. The Morgan fingerprint density at radius 3 is 2.85 bits per heavy atom. The highest BCUT2D eigenvalue weighted by Crippen LogP contribution is 2.32. The van der Waals surface area contributed by atoms with Crippen molar-refractivity contribution >= 4 is 27.3 Å². The van der Waals surface area contributed by atoms with Crippen molar-refractivity contribution in [3.63, 3.8) is 0 Å². The summed E-state index contributed by atoms with van der Waals surface area (Å²) in [5.41, 5.74) is 10.6. The van der Waals surface area contributed by atoms with Gasteiger partial charge >= 0.3 is 0 Å². The Morgan fingerprint density at radius 2 is 2.10 bits per heavy atom. The Labute approximate surface area is 127 Å². The molecule has 4 heteroatoms. The second-order valence-corrected chi connectivity index (χ2v) is 5.88. The normalized spacial score (nSPS) is 13.4. The van der Waals surface area contributed by atoms with Crippen LogP contribution in [0.5, 0.6) is 5.75 Å². The van der Waals surface area contributed by atoms with E-state index in [9.17, 15) is 0 Å². The quantitative estimate of drug-likeness (QED) is 0.872. The number of nitrogen functional groups attached to an aromatic ring is 1. The van der Waals surface area contributed by atoms with Crippen molar-refractivity contribution in [2.45, 2.75) is 13.0 Å². The zero-order valence-electron chi connectivity index (χ0n) is 11.4. The molecule has 0 saturated carbocycles. The number of hydrogen-bond acceptors (Lipinski definition) is 3. The number of anilines is 2. The number of nitrogens with zero attached hydrogens (tertiary/aromatic N) is 1. The lowest BCUT2D eigenvalue weighted by Crippen LogP contribution is -2.19. The van der Waals surface area contributed by atoms with Crippen LogP contribution < -0.4 is 15.4 Å². The average Bonchev–Trinajstić information content (AvgIpc) is 2.82. The van der Waals surface area contributed by atoms with Crippen molar-refractivity contribution in [3.8, 4) is 5.75 Å². The second-order valence-electron chi connectivity index (χ2n) is 5.03. The van der Waals surface area contributed by atoms with Gasteiger partial charge in [0.15, 0.2) is 0 Å². The van der Waals surface area contributed by atoms with E-state index in [1.807, 2.05) is 12.1 Å². The summed E-state index contributed by atoms with van der Waals surface area (Å²) in [4.78, 5) is 2.37. The fraction of sp³-hybridized carbons (Fsp3) is 0.250. The van der Waals surface area contributed by atoms with Gasteiger partial charge in [-0.3, -0.25) is 0 Å². The maximum absolute atomic E-state index is 5.90. The number of hydrogen-bond donors (Lipinski definition) is 1. The van der Waals surface area contributed by atoms with E-state index < -0.39 is 0 Å². The van der Waals surface area contributed by atoms with Gasteiger partial charge in [0.25, 0.3) is 0 Å². The van der Waals surface area contributed by atoms with E-state index in [0.29, 0.717) is 0 Å². The molecule has 3 nitrogen and oxygen atoms in total. The Balaban J connectivity index is 1.83. The standard InChI is InChI=1S/C16H17BrN2O/c1-20-16-5-2-11(8-14(16)17)10-19-7-6-12-3-4-13(18)9-15(12)19/h2-5,8-9H,6-7,10,18H2,1H3. The molecule has 0 bridgehead atoms. The first kappa shape index (κ1) is 13.3. The minimum Gasteiger partial charge on any atom is -0.496 e. The summed E-state index contributed by atoms with van der Waals surface area (Å²) in [6.07, 6.45) is 1.09. The number of methoxy groups -OCH3 is 1. The molecule has 1 heterocycles. The van der Waals surface area contributed by atoms with Crippen molar-refractivity contribution < 1.29 is 4.74 Å². The molecule has 0 atom stereocenters. The maximum atomic E-state index is 5.90. The zero-order valence-corrected chi connectivity index (χ0v) is 13.0. The Hall–Kier alpha value is -1.68. The van der Waals surface area contributed by atoms with E-state index in [1.54, 1.807) is 7.11 Å². The summed E-state index contributed by atoms with van der Waals surface area (Å²) >= 11 is 3.54. The molecule has 2 aromatic carbocycles. The first-order chi connectivity index (χ1) is 9.67. The number of halogens is 1. The van der Waals surface area contributed by atoms with Crippen molar-refractivity contribution in [3.05, 3.63) is 52.0 Å². The highest BCUT2D eigenvalue weighted by atomic mass is 79.9. The lowest BCUT2D eigenvalue weighted by atomic mass is 10.1. The smallest absolute Gasteiger partial charge is 0.133 e. The molecule has 2 N–H and O–H groups in total. The summed E-state index contributed by atoms with van der Waals surface area (Å²) in [6, 6.07) is 12.4. The van der Waals surface area contributed by atoms with Gasteiger partial charge in [0.2, 0.25) is 0 Å². The SMILES string of the molecule is COc1ccc(CN2CCc3ccc(N)cc32)cc1Br. The van der Waals surface area contributed by atoms with Crippen LogP contribution >= 0.6 is 15.9 Å². The van der Waals surface area contributed by atoms with Crippen LogP contribution in [0.3, 0.4) is 0 Å². The number of fused-ring (bicyclic) bond motifs is 1. The average molecular weight is 333 g/mol. The van der Waals surface area contributed by atoms with Gasteiger partial charge in [-0.25, -0.2) is 0 Å². The maximum Gasteiger partial charge on any atom is 0.133 e. The predicted octanol–water partition coefficient (Wildman–Crippen LogP) is 3.60. The minimum absolute atomic E-state index is 0.826. The molecule has 0 spiro atoms. The summed E-state index contributed by atoms with van der Waals surface area (Å²) in [7, 11) is 1.68. The minimum atomic E-state index is 0.826. The predicted molar refractivity (Wildman–Crippen MR) is 86.3 cm³/mol. The molecule has 104 valence electrons. The molecule has 0 saturated heterocycles. The van der Waals surface area contributed by atoms with Crippen molar-refractivity contribution in [1.82, 2.24) is 0 Å². The Kier molecular flexibility index (Phi) is 3.57. The molecule has 1 aliphatic heterocycles. The van der Waals surface area contributed by atoms with Crippen LogP contribution in [0.2, 0.25) is 0 Å². The third-order valence-corrected chi connectivity index (χ3v) is 4.31. The van der Waals surface area contributed by atoms with Crippen LogP contribution in [-0.4, -0.2) is 13.7 Å². The molecule has 0 amide bonds. The van der Waals surface area contributed by atoms with E-state index in [0.717, 1.165) is 35.4 Å². The monoisotopic (exact) mass is 332 g/mol. The highest BCUT2D eigenvalue weighted by molar-refractivity contribution is 9.10.